The van der Waals surface area contributed by atoms with Crippen LogP contribution in [0.1, 0.15) is 27.2 Å². The minimum absolute atomic E-state index is 0.854. The lowest BCUT2D eigenvalue weighted by Gasteiger charge is -2.29. The fourth-order valence-corrected chi connectivity index (χ4v) is 0.519. The molecule has 0 rings (SSSR count). The van der Waals surface area contributed by atoms with E-state index < -0.39 is 23.7 Å². The first-order chi connectivity index (χ1) is 5.20. The predicted octanol–water partition coefficient (Wildman–Crippen LogP) is 2.23. The molecule has 4 heteroatoms. The first-order valence-electron chi connectivity index (χ1n) is 3.65. The SMILES string of the molecule is COC(=O)CC(F)(F)C(C)(C)C. The van der Waals surface area contributed by atoms with Gasteiger partial charge in [-0.2, -0.15) is 0 Å². The van der Waals surface area contributed by atoms with Crippen molar-refractivity contribution in [2.75, 3.05) is 7.11 Å². The number of hydrogen-bond acceptors (Lipinski definition) is 2. The fourth-order valence-electron chi connectivity index (χ4n) is 0.519. The summed E-state index contributed by atoms with van der Waals surface area (Å²) in [4.78, 5) is 10.6. The molecule has 0 bridgehead atoms. The van der Waals surface area contributed by atoms with Crippen LogP contribution in [0.15, 0.2) is 0 Å². The van der Waals surface area contributed by atoms with Gasteiger partial charge in [0, 0.05) is 5.41 Å². The number of hydrogen-bond donors (Lipinski definition) is 0. The van der Waals surface area contributed by atoms with Crippen LogP contribution in [0.3, 0.4) is 0 Å². The highest BCUT2D eigenvalue weighted by Gasteiger charge is 2.44. The van der Waals surface area contributed by atoms with Gasteiger partial charge in [-0.3, -0.25) is 4.79 Å². The van der Waals surface area contributed by atoms with Gasteiger partial charge in [-0.05, 0) is 0 Å². The third kappa shape index (κ3) is 2.75. The van der Waals surface area contributed by atoms with E-state index in [9.17, 15) is 13.6 Å². The predicted molar refractivity (Wildman–Crippen MR) is 41.0 cm³/mol. The molecular formula is C8H14F2O2. The second-order valence-corrected chi connectivity index (χ2v) is 3.71. The Morgan fingerprint density at radius 2 is 1.75 bits per heavy atom. The van der Waals surface area contributed by atoms with Crippen LogP contribution in [0.5, 0.6) is 0 Å². The maximum Gasteiger partial charge on any atom is 0.311 e. The zero-order chi connectivity index (χ0) is 9.99. The van der Waals surface area contributed by atoms with Crippen LogP contribution in [-0.4, -0.2) is 19.0 Å². The van der Waals surface area contributed by atoms with Crippen LogP contribution < -0.4 is 0 Å². The summed E-state index contributed by atoms with van der Waals surface area (Å²) in [6, 6.07) is 0. The van der Waals surface area contributed by atoms with Crippen molar-refractivity contribution < 1.29 is 18.3 Å². The summed E-state index contributed by atoms with van der Waals surface area (Å²) in [5.41, 5.74) is -1.21. The molecule has 0 fully saturated rings. The Hall–Kier alpha value is -0.670. The lowest BCUT2D eigenvalue weighted by atomic mass is 9.86. The first kappa shape index (κ1) is 11.3. The monoisotopic (exact) mass is 180 g/mol. The lowest BCUT2D eigenvalue weighted by molar-refractivity contribution is -0.159. The van der Waals surface area contributed by atoms with Crippen LogP contribution in [0.4, 0.5) is 8.78 Å². The number of halogens is 2. The summed E-state index contributed by atoms with van der Waals surface area (Å²) in [6.45, 7) is 4.15. The topological polar surface area (TPSA) is 26.3 Å². The van der Waals surface area contributed by atoms with Gasteiger partial charge in [-0.1, -0.05) is 20.8 Å². The highest BCUT2D eigenvalue weighted by Crippen LogP contribution is 2.38. The molecule has 0 aliphatic carbocycles. The second-order valence-electron chi connectivity index (χ2n) is 3.71. The molecule has 0 aromatic carbocycles. The second kappa shape index (κ2) is 3.37. The summed E-state index contributed by atoms with van der Waals surface area (Å²) < 4.78 is 30.3. The quantitative estimate of drug-likeness (QED) is 0.609. The van der Waals surface area contributed by atoms with Crippen LogP contribution >= 0.6 is 0 Å². The minimum atomic E-state index is -3.01. The summed E-state index contributed by atoms with van der Waals surface area (Å²) >= 11 is 0. The Labute approximate surface area is 70.9 Å². The number of carbonyl (C=O) groups is 1. The first-order valence-corrected chi connectivity index (χ1v) is 3.65. The molecule has 0 spiro atoms. The van der Waals surface area contributed by atoms with Crippen LogP contribution in [0.2, 0.25) is 0 Å². The summed E-state index contributed by atoms with van der Waals surface area (Å²) in [7, 11) is 1.10. The number of carbonyl (C=O) groups excluding carboxylic acids is 1. The highest BCUT2D eigenvalue weighted by atomic mass is 19.3. The Morgan fingerprint density at radius 1 is 1.33 bits per heavy atom. The van der Waals surface area contributed by atoms with E-state index >= 15 is 0 Å². The van der Waals surface area contributed by atoms with Crippen molar-refractivity contribution in [3.63, 3.8) is 0 Å². The Bertz CT molecular complexity index is 170. The van der Waals surface area contributed by atoms with Gasteiger partial charge >= 0.3 is 5.97 Å². The summed E-state index contributed by atoms with van der Waals surface area (Å²) in [5, 5.41) is 0. The van der Waals surface area contributed by atoms with Gasteiger partial charge in [-0.15, -0.1) is 0 Å². The van der Waals surface area contributed by atoms with Crippen LogP contribution in [0.25, 0.3) is 0 Å². The van der Waals surface area contributed by atoms with Gasteiger partial charge < -0.3 is 4.74 Å². The van der Waals surface area contributed by atoms with Gasteiger partial charge in [0.1, 0.15) is 6.42 Å². The maximum atomic E-state index is 13.1. The van der Waals surface area contributed by atoms with Gasteiger partial charge in [0.05, 0.1) is 7.11 Å². The summed E-state index contributed by atoms with van der Waals surface area (Å²) in [5.74, 6) is -3.89. The molecule has 0 aromatic heterocycles. The third-order valence-corrected chi connectivity index (χ3v) is 1.69. The van der Waals surface area contributed by atoms with E-state index in [0.29, 0.717) is 0 Å². The zero-order valence-electron chi connectivity index (χ0n) is 7.78. The molecule has 0 aliphatic heterocycles. The number of esters is 1. The number of ether oxygens (including phenoxy) is 1. The van der Waals surface area contributed by atoms with E-state index in [4.69, 9.17) is 0 Å². The van der Waals surface area contributed by atoms with Gasteiger partial charge in [0.15, 0.2) is 0 Å². The minimum Gasteiger partial charge on any atom is -0.469 e. The molecule has 0 radical (unpaired) electrons. The molecule has 72 valence electrons. The van der Waals surface area contributed by atoms with E-state index in [2.05, 4.69) is 4.74 Å². The Balaban J connectivity index is 4.33. The average molecular weight is 180 g/mol. The van der Waals surface area contributed by atoms with E-state index in [-0.39, 0.29) is 0 Å². The molecule has 12 heavy (non-hydrogen) atoms. The van der Waals surface area contributed by atoms with E-state index in [1.54, 1.807) is 0 Å². The Kier molecular flexibility index (Phi) is 3.18. The molecular weight excluding hydrogens is 166 g/mol. The van der Waals surface area contributed by atoms with Gasteiger partial charge in [0.2, 0.25) is 0 Å². The maximum absolute atomic E-state index is 13.1. The molecule has 0 heterocycles. The van der Waals surface area contributed by atoms with Crippen molar-refractivity contribution in [3.05, 3.63) is 0 Å². The zero-order valence-corrected chi connectivity index (χ0v) is 7.78. The molecule has 2 nitrogen and oxygen atoms in total. The van der Waals surface area contributed by atoms with E-state index in [1.165, 1.54) is 20.8 Å². The molecule has 0 saturated heterocycles. The molecule has 0 aliphatic rings. The molecule has 0 atom stereocenters. The van der Waals surface area contributed by atoms with E-state index in [1.807, 2.05) is 0 Å². The summed E-state index contributed by atoms with van der Waals surface area (Å²) in [6.07, 6.45) is -0.854. The van der Waals surface area contributed by atoms with E-state index in [0.717, 1.165) is 7.11 Å². The van der Waals surface area contributed by atoms with Gasteiger partial charge in [0.25, 0.3) is 5.92 Å². The van der Waals surface area contributed by atoms with Crippen molar-refractivity contribution >= 4 is 5.97 Å². The standard InChI is InChI=1S/C8H14F2O2/c1-7(2,3)8(9,10)5-6(11)12-4/h5H2,1-4H3. The largest absolute Gasteiger partial charge is 0.469 e. The molecule has 0 saturated carbocycles. The molecule has 0 unspecified atom stereocenters. The smallest absolute Gasteiger partial charge is 0.311 e. The highest BCUT2D eigenvalue weighted by molar-refractivity contribution is 5.70. The fraction of sp³-hybridized carbons (Fsp3) is 0.875. The normalized spacial score (nSPS) is 12.8. The van der Waals surface area contributed by atoms with Crippen LogP contribution in [0, 0.1) is 5.41 Å². The Morgan fingerprint density at radius 3 is 2.00 bits per heavy atom. The number of methoxy groups -OCH3 is 1. The van der Waals surface area contributed by atoms with Crippen molar-refractivity contribution in [1.29, 1.82) is 0 Å². The number of alkyl halides is 2. The van der Waals surface area contributed by atoms with Crippen LogP contribution in [-0.2, 0) is 9.53 Å². The van der Waals surface area contributed by atoms with Crippen molar-refractivity contribution in [2.24, 2.45) is 5.41 Å². The lowest BCUT2D eigenvalue weighted by Crippen LogP contribution is -2.36. The average Bonchev–Trinajstić information content (AvgIpc) is 1.84. The van der Waals surface area contributed by atoms with Gasteiger partial charge in [-0.25, -0.2) is 8.78 Å². The van der Waals surface area contributed by atoms with Crippen molar-refractivity contribution in [2.45, 2.75) is 33.1 Å². The van der Waals surface area contributed by atoms with Crippen molar-refractivity contribution in [3.8, 4) is 0 Å². The molecule has 0 amide bonds. The van der Waals surface area contributed by atoms with Crippen molar-refractivity contribution in [1.82, 2.24) is 0 Å². The molecule has 0 aromatic rings. The number of rotatable bonds is 2. The molecule has 0 N–H and O–H groups in total. The third-order valence-electron chi connectivity index (χ3n) is 1.69.